The first kappa shape index (κ1) is 10.9. The minimum Gasteiger partial charge on any atom is -0.379 e. The molecule has 2 fully saturated rings. The predicted octanol–water partition coefficient (Wildman–Crippen LogP) is 0.233. The number of nitrogens with zero attached hydrogens (tertiary/aromatic N) is 1. The highest BCUT2D eigenvalue weighted by Gasteiger charge is 2.29. The molecule has 0 spiro atoms. The molecular weight excluding hydrogens is 192 g/mol. The number of carbonyl (C=O) groups is 1. The van der Waals surface area contributed by atoms with Gasteiger partial charge in [0.25, 0.3) is 0 Å². The van der Waals surface area contributed by atoms with Gasteiger partial charge in [0.2, 0.25) is 5.91 Å². The van der Waals surface area contributed by atoms with Crippen molar-refractivity contribution in [2.75, 3.05) is 32.8 Å². The molecule has 1 aliphatic heterocycles. The number of hydrogen-bond acceptors (Lipinski definition) is 3. The van der Waals surface area contributed by atoms with Crippen molar-refractivity contribution in [3.05, 3.63) is 0 Å². The third-order valence-electron chi connectivity index (χ3n) is 3.19. The third-order valence-corrected chi connectivity index (χ3v) is 3.19. The second kappa shape index (κ2) is 4.94. The van der Waals surface area contributed by atoms with Gasteiger partial charge in [-0.2, -0.15) is 0 Å². The minimum atomic E-state index is 0.163. The van der Waals surface area contributed by atoms with E-state index in [1.54, 1.807) is 0 Å². The standard InChI is InChI=1S/C11H20N2O2/c1-9(10-2-3-10)12-11(14)8-13-4-6-15-7-5-13/h9-10H,2-8H2,1H3,(H,12,14). The van der Waals surface area contributed by atoms with Crippen molar-refractivity contribution in [1.82, 2.24) is 10.2 Å². The van der Waals surface area contributed by atoms with E-state index >= 15 is 0 Å². The van der Waals surface area contributed by atoms with Gasteiger partial charge in [-0.15, -0.1) is 0 Å². The van der Waals surface area contributed by atoms with Crippen LogP contribution in [0.25, 0.3) is 0 Å². The quantitative estimate of drug-likeness (QED) is 0.725. The Balaban J connectivity index is 1.66. The highest BCUT2D eigenvalue weighted by molar-refractivity contribution is 5.78. The van der Waals surface area contributed by atoms with Crippen LogP contribution in [0.1, 0.15) is 19.8 Å². The molecule has 1 unspecified atom stereocenters. The Morgan fingerprint density at radius 2 is 2.13 bits per heavy atom. The molecule has 1 saturated heterocycles. The third kappa shape index (κ3) is 3.47. The lowest BCUT2D eigenvalue weighted by molar-refractivity contribution is -0.124. The van der Waals surface area contributed by atoms with Crippen molar-refractivity contribution >= 4 is 5.91 Å². The van der Waals surface area contributed by atoms with E-state index in [9.17, 15) is 4.79 Å². The number of nitrogens with one attached hydrogen (secondary N) is 1. The average Bonchev–Trinajstić information content (AvgIpc) is 3.01. The van der Waals surface area contributed by atoms with Crippen molar-refractivity contribution < 1.29 is 9.53 Å². The van der Waals surface area contributed by atoms with Gasteiger partial charge in [-0.05, 0) is 25.7 Å². The van der Waals surface area contributed by atoms with E-state index < -0.39 is 0 Å². The van der Waals surface area contributed by atoms with Gasteiger partial charge in [0, 0.05) is 19.1 Å². The molecule has 1 N–H and O–H groups in total. The summed E-state index contributed by atoms with van der Waals surface area (Å²) in [6.07, 6.45) is 2.55. The Kier molecular flexibility index (Phi) is 3.59. The van der Waals surface area contributed by atoms with Crippen LogP contribution in [0.15, 0.2) is 0 Å². The SMILES string of the molecule is CC(NC(=O)CN1CCOCC1)C1CC1. The molecular formula is C11H20N2O2. The van der Waals surface area contributed by atoms with E-state index in [1.807, 2.05) is 0 Å². The van der Waals surface area contributed by atoms with Gasteiger partial charge in [-0.3, -0.25) is 9.69 Å². The Morgan fingerprint density at radius 3 is 2.73 bits per heavy atom. The Morgan fingerprint density at radius 1 is 1.47 bits per heavy atom. The first-order valence-corrected chi connectivity index (χ1v) is 5.85. The molecule has 86 valence electrons. The van der Waals surface area contributed by atoms with Gasteiger partial charge >= 0.3 is 0 Å². The number of hydrogen-bond donors (Lipinski definition) is 1. The van der Waals surface area contributed by atoms with Crippen LogP contribution in [0.2, 0.25) is 0 Å². The molecule has 2 aliphatic rings. The monoisotopic (exact) mass is 212 g/mol. The second-order valence-electron chi connectivity index (χ2n) is 4.58. The van der Waals surface area contributed by atoms with E-state index in [4.69, 9.17) is 4.74 Å². The summed E-state index contributed by atoms with van der Waals surface area (Å²) in [5.74, 6) is 0.898. The normalized spacial score (nSPS) is 24.9. The average molecular weight is 212 g/mol. The minimum absolute atomic E-state index is 0.163. The number of amides is 1. The van der Waals surface area contributed by atoms with Crippen molar-refractivity contribution in [2.45, 2.75) is 25.8 Å². The lowest BCUT2D eigenvalue weighted by atomic mass is 10.2. The van der Waals surface area contributed by atoms with E-state index in [1.165, 1.54) is 12.8 Å². The Bertz CT molecular complexity index is 223. The highest BCUT2D eigenvalue weighted by atomic mass is 16.5. The van der Waals surface area contributed by atoms with E-state index in [0.717, 1.165) is 32.2 Å². The molecule has 4 heteroatoms. The number of rotatable bonds is 4. The van der Waals surface area contributed by atoms with E-state index in [-0.39, 0.29) is 5.91 Å². The molecule has 1 aliphatic carbocycles. The largest absolute Gasteiger partial charge is 0.379 e. The molecule has 1 amide bonds. The zero-order valence-electron chi connectivity index (χ0n) is 9.37. The summed E-state index contributed by atoms with van der Waals surface area (Å²) in [4.78, 5) is 13.8. The maximum atomic E-state index is 11.7. The van der Waals surface area contributed by atoms with Crippen LogP contribution in [0.5, 0.6) is 0 Å². The van der Waals surface area contributed by atoms with E-state index in [0.29, 0.717) is 12.6 Å². The van der Waals surface area contributed by atoms with Crippen molar-refractivity contribution in [3.8, 4) is 0 Å². The topological polar surface area (TPSA) is 41.6 Å². The molecule has 2 rings (SSSR count). The van der Waals surface area contributed by atoms with Crippen LogP contribution >= 0.6 is 0 Å². The molecule has 1 saturated carbocycles. The van der Waals surface area contributed by atoms with Gasteiger partial charge in [0.15, 0.2) is 0 Å². The molecule has 0 radical (unpaired) electrons. The van der Waals surface area contributed by atoms with Gasteiger partial charge in [-0.25, -0.2) is 0 Å². The van der Waals surface area contributed by atoms with Gasteiger partial charge in [-0.1, -0.05) is 0 Å². The summed E-state index contributed by atoms with van der Waals surface area (Å²) in [6, 6.07) is 0.360. The fourth-order valence-electron chi connectivity index (χ4n) is 1.98. The van der Waals surface area contributed by atoms with Crippen LogP contribution in [-0.2, 0) is 9.53 Å². The molecule has 1 heterocycles. The van der Waals surface area contributed by atoms with Crippen LogP contribution in [0.3, 0.4) is 0 Å². The van der Waals surface area contributed by atoms with Crippen molar-refractivity contribution in [2.24, 2.45) is 5.92 Å². The number of carbonyl (C=O) groups excluding carboxylic acids is 1. The molecule has 0 aromatic heterocycles. The Labute approximate surface area is 91.0 Å². The number of morpholine rings is 1. The molecule has 0 aromatic carbocycles. The lowest BCUT2D eigenvalue weighted by Crippen LogP contribution is -2.45. The maximum absolute atomic E-state index is 11.7. The summed E-state index contributed by atoms with van der Waals surface area (Å²) < 4.78 is 5.24. The summed E-state index contributed by atoms with van der Waals surface area (Å²) >= 11 is 0. The van der Waals surface area contributed by atoms with Crippen LogP contribution in [-0.4, -0.2) is 49.7 Å². The predicted molar refractivity (Wildman–Crippen MR) is 57.6 cm³/mol. The van der Waals surface area contributed by atoms with Crippen molar-refractivity contribution in [1.29, 1.82) is 0 Å². The fourth-order valence-corrected chi connectivity index (χ4v) is 1.98. The fraction of sp³-hybridized carbons (Fsp3) is 0.909. The van der Waals surface area contributed by atoms with Gasteiger partial charge < -0.3 is 10.1 Å². The molecule has 1 atom stereocenters. The van der Waals surface area contributed by atoms with Crippen LogP contribution in [0, 0.1) is 5.92 Å². The first-order chi connectivity index (χ1) is 7.25. The van der Waals surface area contributed by atoms with Gasteiger partial charge in [0.05, 0.1) is 19.8 Å². The summed E-state index contributed by atoms with van der Waals surface area (Å²) in [5, 5.41) is 3.07. The maximum Gasteiger partial charge on any atom is 0.234 e. The van der Waals surface area contributed by atoms with E-state index in [2.05, 4.69) is 17.1 Å². The van der Waals surface area contributed by atoms with Crippen LogP contribution in [0.4, 0.5) is 0 Å². The molecule has 4 nitrogen and oxygen atoms in total. The summed E-state index contributed by atoms with van der Waals surface area (Å²) in [6.45, 7) is 5.91. The van der Waals surface area contributed by atoms with Crippen LogP contribution < -0.4 is 5.32 Å². The summed E-state index contributed by atoms with van der Waals surface area (Å²) in [5.41, 5.74) is 0. The molecule has 0 aromatic rings. The molecule has 15 heavy (non-hydrogen) atoms. The number of ether oxygens (including phenoxy) is 1. The van der Waals surface area contributed by atoms with Crippen molar-refractivity contribution in [3.63, 3.8) is 0 Å². The van der Waals surface area contributed by atoms with Gasteiger partial charge in [0.1, 0.15) is 0 Å². The molecule has 0 bridgehead atoms. The zero-order chi connectivity index (χ0) is 10.7. The second-order valence-corrected chi connectivity index (χ2v) is 4.58. The lowest BCUT2D eigenvalue weighted by Gasteiger charge is -2.26. The highest BCUT2D eigenvalue weighted by Crippen LogP contribution is 2.32. The zero-order valence-corrected chi connectivity index (χ0v) is 9.37. The first-order valence-electron chi connectivity index (χ1n) is 5.85. The summed E-state index contributed by atoms with van der Waals surface area (Å²) in [7, 11) is 0. The Hall–Kier alpha value is -0.610. The smallest absolute Gasteiger partial charge is 0.234 e.